The van der Waals surface area contributed by atoms with Gasteiger partial charge < -0.3 is 16.4 Å². The zero-order valence-electron chi connectivity index (χ0n) is 21.2. The Kier molecular flexibility index (Phi) is 6.76. The lowest BCUT2D eigenvalue weighted by atomic mass is 9.77. The summed E-state index contributed by atoms with van der Waals surface area (Å²) >= 11 is 0. The summed E-state index contributed by atoms with van der Waals surface area (Å²) in [5, 5.41) is 6.58. The van der Waals surface area contributed by atoms with Gasteiger partial charge in [-0.2, -0.15) is 4.98 Å². The molecule has 4 N–H and O–H groups in total. The Balaban J connectivity index is 1.51. The van der Waals surface area contributed by atoms with Crippen molar-refractivity contribution in [3.63, 3.8) is 0 Å². The molecule has 8 heteroatoms. The van der Waals surface area contributed by atoms with Crippen molar-refractivity contribution in [1.29, 1.82) is 0 Å². The van der Waals surface area contributed by atoms with Gasteiger partial charge in [-0.25, -0.2) is 4.98 Å². The zero-order valence-corrected chi connectivity index (χ0v) is 21.2. The van der Waals surface area contributed by atoms with Gasteiger partial charge in [0.15, 0.2) is 0 Å². The topological polar surface area (TPSA) is 109 Å². The fourth-order valence-corrected chi connectivity index (χ4v) is 4.97. The molecule has 2 aromatic heterocycles. The minimum Gasteiger partial charge on any atom is -0.368 e. The van der Waals surface area contributed by atoms with Crippen LogP contribution >= 0.6 is 0 Å². The van der Waals surface area contributed by atoms with E-state index in [1.807, 2.05) is 36.4 Å². The van der Waals surface area contributed by atoms with Gasteiger partial charge in [-0.15, -0.1) is 0 Å². The van der Waals surface area contributed by atoms with Crippen molar-refractivity contribution in [3.05, 3.63) is 66.1 Å². The van der Waals surface area contributed by atoms with E-state index in [0.717, 1.165) is 29.5 Å². The van der Waals surface area contributed by atoms with Gasteiger partial charge in [0.2, 0.25) is 5.95 Å². The van der Waals surface area contributed by atoms with Gasteiger partial charge in [-0.05, 0) is 76.9 Å². The van der Waals surface area contributed by atoms with E-state index in [4.69, 9.17) is 5.73 Å². The summed E-state index contributed by atoms with van der Waals surface area (Å²) < 4.78 is 0. The number of amides is 1. The predicted octanol–water partition coefficient (Wildman–Crippen LogP) is 4.11. The van der Waals surface area contributed by atoms with Crippen LogP contribution in [0.1, 0.15) is 56.5 Å². The van der Waals surface area contributed by atoms with Crippen molar-refractivity contribution in [3.8, 4) is 11.1 Å². The summed E-state index contributed by atoms with van der Waals surface area (Å²) in [6.45, 7) is 9.52. The van der Waals surface area contributed by atoms with Gasteiger partial charge >= 0.3 is 0 Å². The quantitative estimate of drug-likeness (QED) is 0.494. The van der Waals surface area contributed by atoms with Crippen LogP contribution in [0.25, 0.3) is 11.1 Å². The van der Waals surface area contributed by atoms with E-state index < -0.39 is 0 Å². The van der Waals surface area contributed by atoms with Gasteiger partial charge in [0.05, 0.1) is 0 Å². The van der Waals surface area contributed by atoms with Gasteiger partial charge in [0.1, 0.15) is 5.82 Å². The number of nitrogens with two attached hydrogens (primary N) is 1. The van der Waals surface area contributed by atoms with Crippen molar-refractivity contribution >= 4 is 17.7 Å². The lowest BCUT2D eigenvalue weighted by Gasteiger charge is -2.53. The molecule has 1 aliphatic heterocycles. The lowest BCUT2D eigenvalue weighted by Crippen LogP contribution is -2.61. The van der Waals surface area contributed by atoms with Crippen molar-refractivity contribution < 1.29 is 4.79 Å². The first-order valence-electron chi connectivity index (χ1n) is 12.0. The second-order valence-corrected chi connectivity index (χ2v) is 10.5. The van der Waals surface area contributed by atoms with Crippen molar-refractivity contribution in [2.75, 3.05) is 18.1 Å². The molecule has 3 aromatic rings. The maximum atomic E-state index is 12.6. The monoisotopic (exact) mass is 473 g/mol. The average Bonchev–Trinajstić information content (AvgIpc) is 2.81. The van der Waals surface area contributed by atoms with Crippen molar-refractivity contribution in [1.82, 2.24) is 25.2 Å². The van der Waals surface area contributed by atoms with E-state index >= 15 is 0 Å². The normalized spacial score (nSPS) is 17.6. The highest BCUT2D eigenvalue weighted by atomic mass is 16.1. The lowest BCUT2D eigenvalue weighted by molar-refractivity contribution is -0.00772. The number of benzene rings is 1. The SMILES string of the molecule is CN1C(C)(C)CC(Nc2nc(N)ncc2-c2ccc(C(=O)NCc3cccnc3)cc2)CC1(C)C. The molecule has 0 bridgehead atoms. The Morgan fingerprint density at radius 2 is 1.77 bits per heavy atom. The number of nitrogen functional groups attached to an aromatic ring is 1. The molecule has 1 fully saturated rings. The number of anilines is 2. The molecule has 0 unspecified atom stereocenters. The third kappa shape index (κ3) is 5.59. The van der Waals surface area contributed by atoms with Crippen LogP contribution in [0.2, 0.25) is 0 Å². The number of piperidine rings is 1. The van der Waals surface area contributed by atoms with Crippen LogP contribution in [0.15, 0.2) is 55.0 Å². The Morgan fingerprint density at radius 1 is 1.09 bits per heavy atom. The largest absolute Gasteiger partial charge is 0.368 e. The first kappa shape index (κ1) is 24.6. The standard InChI is InChI=1S/C27H35N7O/c1-26(2)13-21(14-27(3,4)34(26)5)32-23-22(17-31-25(28)33-23)19-8-10-20(11-9-19)24(35)30-16-18-7-6-12-29-15-18/h6-12,15,17,21H,13-14,16H2,1-5H3,(H,30,35)(H3,28,31,32,33). The summed E-state index contributed by atoms with van der Waals surface area (Å²) in [6, 6.07) is 11.5. The average molecular weight is 474 g/mol. The number of aromatic nitrogens is 3. The van der Waals surface area contributed by atoms with Crippen molar-refractivity contribution in [2.45, 2.75) is 64.2 Å². The van der Waals surface area contributed by atoms with Crippen LogP contribution in [0.4, 0.5) is 11.8 Å². The van der Waals surface area contributed by atoms with E-state index in [2.05, 4.69) is 65.2 Å². The Hall–Kier alpha value is -3.52. The number of hydrogen-bond donors (Lipinski definition) is 3. The Morgan fingerprint density at radius 3 is 2.40 bits per heavy atom. The Bertz CT molecular complexity index is 1160. The fraction of sp³-hybridized carbons (Fsp3) is 0.407. The first-order chi connectivity index (χ1) is 16.5. The van der Waals surface area contributed by atoms with Crippen molar-refractivity contribution in [2.24, 2.45) is 0 Å². The predicted molar refractivity (Wildman–Crippen MR) is 140 cm³/mol. The Labute approximate surface area is 207 Å². The summed E-state index contributed by atoms with van der Waals surface area (Å²) in [6.07, 6.45) is 7.15. The summed E-state index contributed by atoms with van der Waals surface area (Å²) in [5.41, 5.74) is 9.36. The molecule has 184 valence electrons. The molecular weight excluding hydrogens is 438 g/mol. The number of likely N-dealkylation sites (tertiary alicyclic amines) is 1. The maximum absolute atomic E-state index is 12.6. The number of carbonyl (C=O) groups excluding carboxylic acids is 1. The van der Waals surface area contributed by atoms with Crippen LogP contribution in [0.5, 0.6) is 0 Å². The molecule has 0 atom stereocenters. The number of pyridine rings is 1. The maximum Gasteiger partial charge on any atom is 0.251 e. The third-order valence-corrected chi connectivity index (χ3v) is 7.09. The van der Waals surface area contributed by atoms with E-state index in [-0.39, 0.29) is 29.0 Å². The zero-order chi connectivity index (χ0) is 25.2. The van der Waals surface area contributed by atoms with E-state index in [1.54, 1.807) is 18.6 Å². The van der Waals surface area contributed by atoms with E-state index in [0.29, 0.717) is 17.9 Å². The number of nitrogens with one attached hydrogen (secondary N) is 2. The molecule has 0 spiro atoms. The second kappa shape index (κ2) is 9.62. The minimum atomic E-state index is -0.136. The highest BCUT2D eigenvalue weighted by molar-refractivity contribution is 5.94. The second-order valence-electron chi connectivity index (χ2n) is 10.5. The molecule has 1 amide bonds. The third-order valence-electron chi connectivity index (χ3n) is 7.09. The molecule has 0 saturated carbocycles. The smallest absolute Gasteiger partial charge is 0.251 e. The summed E-state index contributed by atoms with van der Waals surface area (Å²) in [4.78, 5) is 27.9. The summed E-state index contributed by atoms with van der Waals surface area (Å²) in [7, 11) is 2.19. The molecule has 3 heterocycles. The first-order valence-corrected chi connectivity index (χ1v) is 12.0. The van der Waals surface area contributed by atoms with Gasteiger partial charge in [-0.1, -0.05) is 18.2 Å². The number of hydrogen-bond acceptors (Lipinski definition) is 7. The summed E-state index contributed by atoms with van der Waals surface area (Å²) in [5.74, 6) is 0.810. The van der Waals surface area contributed by atoms with Crippen LogP contribution in [-0.4, -0.2) is 49.9 Å². The van der Waals surface area contributed by atoms with Crippen LogP contribution in [0, 0.1) is 0 Å². The van der Waals surface area contributed by atoms with E-state index in [9.17, 15) is 4.79 Å². The molecule has 0 aliphatic carbocycles. The van der Waals surface area contributed by atoms with E-state index in [1.165, 1.54) is 0 Å². The molecule has 1 saturated heterocycles. The highest BCUT2D eigenvalue weighted by Crippen LogP contribution is 2.39. The molecule has 4 rings (SSSR count). The number of rotatable bonds is 6. The highest BCUT2D eigenvalue weighted by Gasteiger charge is 2.43. The molecule has 0 radical (unpaired) electrons. The minimum absolute atomic E-state index is 0.0446. The van der Waals surface area contributed by atoms with Gasteiger partial charge in [-0.3, -0.25) is 14.7 Å². The molecular formula is C27H35N7O. The number of carbonyl (C=O) groups is 1. The molecule has 1 aliphatic rings. The molecule has 1 aromatic carbocycles. The van der Waals surface area contributed by atoms with Gasteiger partial charge in [0.25, 0.3) is 5.91 Å². The molecule has 8 nitrogen and oxygen atoms in total. The molecule has 35 heavy (non-hydrogen) atoms. The van der Waals surface area contributed by atoms with Gasteiger partial charge in [0, 0.05) is 53.4 Å². The number of nitrogens with zero attached hydrogens (tertiary/aromatic N) is 4. The van der Waals surface area contributed by atoms with Crippen LogP contribution in [0.3, 0.4) is 0 Å². The van der Waals surface area contributed by atoms with Crippen LogP contribution < -0.4 is 16.4 Å². The fourth-order valence-electron chi connectivity index (χ4n) is 4.97. The van der Waals surface area contributed by atoms with Crippen LogP contribution in [-0.2, 0) is 6.54 Å².